The summed E-state index contributed by atoms with van der Waals surface area (Å²) in [6.07, 6.45) is 0. The van der Waals surface area contributed by atoms with E-state index in [1.807, 2.05) is 0 Å². The van der Waals surface area contributed by atoms with Crippen LogP contribution in [0.2, 0.25) is 0 Å². The van der Waals surface area contributed by atoms with Crippen LogP contribution >= 0.6 is 0 Å². The molecule has 0 spiro atoms. The van der Waals surface area contributed by atoms with Gasteiger partial charge in [0.25, 0.3) is 5.91 Å². The Morgan fingerprint density at radius 2 is 1.71 bits per heavy atom. The maximum Gasteiger partial charge on any atom is 0.252 e. The second-order valence-electron chi connectivity index (χ2n) is 4.35. The Labute approximate surface area is 121 Å². The maximum absolute atomic E-state index is 12.8. The third-order valence-corrected chi connectivity index (χ3v) is 3.77. The minimum atomic E-state index is -3.98. The smallest absolute Gasteiger partial charge is 0.252 e. The van der Waals surface area contributed by atoms with E-state index in [9.17, 15) is 17.6 Å². The summed E-state index contributed by atoms with van der Waals surface area (Å²) in [6.45, 7) is 0.151. The maximum atomic E-state index is 12.8. The Balaban J connectivity index is 2.16. The van der Waals surface area contributed by atoms with Gasteiger partial charge in [0, 0.05) is 6.54 Å². The van der Waals surface area contributed by atoms with Crippen molar-refractivity contribution >= 4 is 15.9 Å². The molecule has 2 rings (SSSR count). The fourth-order valence-electron chi connectivity index (χ4n) is 1.78. The molecule has 0 radical (unpaired) electrons. The minimum absolute atomic E-state index is 0.0258. The van der Waals surface area contributed by atoms with E-state index in [4.69, 9.17) is 5.14 Å². The van der Waals surface area contributed by atoms with Crippen molar-refractivity contribution in [3.63, 3.8) is 0 Å². The van der Waals surface area contributed by atoms with Gasteiger partial charge in [0.15, 0.2) is 0 Å². The number of benzene rings is 2. The van der Waals surface area contributed by atoms with Crippen LogP contribution in [-0.2, 0) is 16.6 Å². The van der Waals surface area contributed by atoms with Crippen molar-refractivity contribution in [1.29, 1.82) is 0 Å². The van der Waals surface area contributed by atoms with Gasteiger partial charge in [-0.2, -0.15) is 0 Å². The number of sulfonamides is 1. The Kier molecular flexibility index (Phi) is 4.35. The molecule has 0 atom stereocenters. The Morgan fingerprint density at radius 3 is 2.33 bits per heavy atom. The number of amides is 1. The van der Waals surface area contributed by atoms with Crippen molar-refractivity contribution in [3.05, 3.63) is 65.5 Å². The Morgan fingerprint density at radius 1 is 1.10 bits per heavy atom. The molecule has 1 amide bonds. The molecule has 0 aliphatic rings. The third-order valence-electron chi connectivity index (χ3n) is 2.80. The van der Waals surface area contributed by atoms with Crippen LogP contribution in [-0.4, -0.2) is 14.3 Å². The Hall–Kier alpha value is -2.25. The number of rotatable bonds is 4. The predicted octanol–water partition coefficient (Wildman–Crippen LogP) is 1.40. The molecule has 0 aliphatic carbocycles. The van der Waals surface area contributed by atoms with Crippen molar-refractivity contribution < 1.29 is 17.6 Å². The van der Waals surface area contributed by atoms with Gasteiger partial charge in [0.2, 0.25) is 10.0 Å². The molecule has 0 heterocycles. The number of halogens is 1. The first-order valence-electron chi connectivity index (χ1n) is 6.02. The van der Waals surface area contributed by atoms with Crippen molar-refractivity contribution in [2.24, 2.45) is 5.14 Å². The lowest BCUT2D eigenvalue weighted by atomic mass is 10.2. The van der Waals surface area contributed by atoms with Gasteiger partial charge in [0.05, 0.1) is 10.5 Å². The lowest BCUT2D eigenvalue weighted by Crippen LogP contribution is -2.26. The minimum Gasteiger partial charge on any atom is -0.348 e. The van der Waals surface area contributed by atoms with Crippen LogP contribution in [0.5, 0.6) is 0 Å². The Bertz CT molecular complexity index is 758. The van der Waals surface area contributed by atoms with E-state index in [0.29, 0.717) is 5.56 Å². The molecule has 7 heteroatoms. The van der Waals surface area contributed by atoms with Gasteiger partial charge in [-0.3, -0.25) is 4.79 Å². The van der Waals surface area contributed by atoms with Crippen molar-refractivity contribution in [2.75, 3.05) is 0 Å². The molecule has 5 nitrogen and oxygen atoms in total. The van der Waals surface area contributed by atoms with E-state index >= 15 is 0 Å². The number of nitrogens with two attached hydrogens (primary N) is 1. The van der Waals surface area contributed by atoms with Crippen LogP contribution in [0.25, 0.3) is 0 Å². The number of carbonyl (C=O) groups is 1. The topological polar surface area (TPSA) is 89.3 Å². The van der Waals surface area contributed by atoms with Gasteiger partial charge in [-0.05, 0) is 29.8 Å². The molecule has 0 fully saturated rings. The SMILES string of the molecule is NS(=O)(=O)c1ccccc1C(=O)NCc1ccc(F)cc1. The second kappa shape index (κ2) is 6.02. The lowest BCUT2D eigenvalue weighted by Gasteiger charge is -2.08. The largest absolute Gasteiger partial charge is 0.348 e. The summed E-state index contributed by atoms with van der Waals surface area (Å²) in [7, 11) is -3.98. The summed E-state index contributed by atoms with van der Waals surface area (Å²) in [5, 5.41) is 7.64. The van der Waals surface area contributed by atoms with Gasteiger partial charge in [-0.1, -0.05) is 24.3 Å². The molecule has 2 aromatic carbocycles. The van der Waals surface area contributed by atoms with E-state index in [1.165, 1.54) is 42.5 Å². The molecular formula is C14H13FN2O3S. The molecule has 3 N–H and O–H groups in total. The van der Waals surface area contributed by atoms with Gasteiger partial charge in [0.1, 0.15) is 5.82 Å². The molecule has 0 unspecified atom stereocenters. The predicted molar refractivity (Wildman–Crippen MR) is 75.4 cm³/mol. The number of hydrogen-bond acceptors (Lipinski definition) is 3. The summed E-state index contributed by atoms with van der Waals surface area (Å²) >= 11 is 0. The molecule has 110 valence electrons. The highest BCUT2D eigenvalue weighted by Gasteiger charge is 2.18. The van der Waals surface area contributed by atoms with Crippen LogP contribution in [0.4, 0.5) is 4.39 Å². The highest BCUT2D eigenvalue weighted by Crippen LogP contribution is 2.13. The van der Waals surface area contributed by atoms with E-state index in [2.05, 4.69) is 5.32 Å². The second-order valence-corrected chi connectivity index (χ2v) is 5.88. The molecule has 21 heavy (non-hydrogen) atoms. The summed E-state index contributed by atoms with van der Waals surface area (Å²) in [6, 6.07) is 11.3. The molecule has 0 saturated carbocycles. The van der Waals surface area contributed by atoms with Gasteiger partial charge < -0.3 is 5.32 Å². The van der Waals surface area contributed by atoms with Gasteiger partial charge >= 0.3 is 0 Å². The first-order chi connectivity index (χ1) is 9.88. The fourth-order valence-corrected chi connectivity index (χ4v) is 2.52. The van der Waals surface area contributed by atoms with Crippen LogP contribution < -0.4 is 10.5 Å². The molecular weight excluding hydrogens is 295 g/mol. The lowest BCUT2D eigenvalue weighted by molar-refractivity contribution is 0.0947. The van der Waals surface area contributed by atoms with E-state index in [1.54, 1.807) is 6.07 Å². The zero-order valence-corrected chi connectivity index (χ0v) is 11.7. The number of carbonyl (C=O) groups excluding carboxylic acids is 1. The van der Waals surface area contributed by atoms with E-state index < -0.39 is 15.9 Å². The molecule has 0 bridgehead atoms. The molecule has 0 aromatic heterocycles. The van der Waals surface area contributed by atoms with Crippen LogP contribution in [0.1, 0.15) is 15.9 Å². The van der Waals surface area contributed by atoms with Crippen molar-refractivity contribution in [1.82, 2.24) is 5.32 Å². The summed E-state index contributed by atoms with van der Waals surface area (Å²) in [5.74, 6) is -0.936. The number of nitrogens with one attached hydrogen (secondary N) is 1. The quantitative estimate of drug-likeness (QED) is 0.894. The van der Waals surface area contributed by atoms with E-state index in [-0.39, 0.29) is 22.8 Å². The monoisotopic (exact) mass is 308 g/mol. The van der Waals surface area contributed by atoms with Gasteiger partial charge in [-0.25, -0.2) is 17.9 Å². The molecule has 0 saturated heterocycles. The standard InChI is InChI=1S/C14H13FN2O3S/c15-11-7-5-10(6-8-11)9-17-14(18)12-3-1-2-4-13(12)21(16,19)20/h1-8H,9H2,(H,17,18)(H2,16,19,20). The van der Waals surface area contributed by atoms with Crippen LogP contribution in [0, 0.1) is 5.82 Å². The molecule has 0 aliphatic heterocycles. The van der Waals surface area contributed by atoms with E-state index in [0.717, 1.165) is 0 Å². The average molecular weight is 308 g/mol. The highest BCUT2D eigenvalue weighted by molar-refractivity contribution is 7.89. The summed E-state index contributed by atoms with van der Waals surface area (Å²) in [4.78, 5) is 11.8. The number of hydrogen-bond donors (Lipinski definition) is 2. The number of primary sulfonamides is 1. The van der Waals surface area contributed by atoms with Crippen LogP contribution in [0.15, 0.2) is 53.4 Å². The third kappa shape index (κ3) is 3.87. The highest BCUT2D eigenvalue weighted by atomic mass is 32.2. The first-order valence-corrected chi connectivity index (χ1v) is 7.57. The average Bonchev–Trinajstić information content (AvgIpc) is 2.45. The van der Waals surface area contributed by atoms with Gasteiger partial charge in [-0.15, -0.1) is 0 Å². The zero-order valence-electron chi connectivity index (χ0n) is 10.9. The summed E-state index contributed by atoms with van der Waals surface area (Å²) < 4.78 is 35.6. The molecule has 2 aromatic rings. The van der Waals surface area contributed by atoms with Crippen LogP contribution in [0.3, 0.4) is 0 Å². The fraction of sp³-hybridized carbons (Fsp3) is 0.0714. The van der Waals surface area contributed by atoms with Crippen molar-refractivity contribution in [3.8, 4) is 0 Å². The normalized spacial score (nSPS) is 11.1. The summed E-state index contributed by atoms with van der Waals surface area (Å²) in [5.41, 5.74) is 0.667. The zero-order chi connectivity index (χ0) is 15.5. The van der Waals surface area contributed by atoms with Crippen molar-refractivity contribution in [2.45, 2.75) is 11.4 Å². The first kappa shape index (κ1) is 15.1.